The zero-order chi connectivity index (χ0) is 19.2. The van der Waals surface area contributed by atoms with Crippen molar-refractivity contribution in [3.63, 3.8) is 0 Å². The van der Waals surface area contributed by atoms with Gasteiger partial charge in [-0.05, 0) is 53.3 Å². The van der Waals surface area contributed by atoms with Crippen molar-refractivity contribution in [1.29, 1.82) is 0 Å². The van der Waals surface area contributed by atoms with Gasteiger partial charge < -0.3 is 9.47 Å². The fraction of sp³-hybridized carbons (Fsp3) is 0.200. The summed E-state index contributed by atoms with van der Waals surface area (Å²) in [6, 6.07) is 21.0. The quantitative estimate of drug-likeness (QED) is 0.474. The third-order valence-electron chi connectivity index (χ3n) is 4.90. The van der Waals surface area contributed by atoms with Gasteiger partial charge in [-0.15, -0.1) is 0 Å². The van der Waals surface area contributed by atoms with Crippen LogP contribution in [-0.2, 0) is 6.42 Å². The van der Waals surface area contributed by atoms with E-state index in [-0.39, 0.29) is 0 Å². The van der Waals surface area contributed by atoms with Gasteiger partial charge in [-0.2, -0.15) is 0 Å². The minimum Gasteiger partial charge on any atom is -0.496 e. The molecule has 0 N–H and O–H groups in total. The first-order chi connectivity index (χ1) is 13.2. The summed E-state index contributed by atoms with van der Waals surface area (Å²) < 4.78 is 11.1. The van der Waals surface area contributed by atoms with Gasteiger partial charge in [-0.25, -0.2) is 0 Å². The zero-order valence-electron chi connectivity index (χ0n) is 16.5. The van der Waals surface area contributed by atoms with Crippen molar-refractivity contribution in [1.82, 2.24) is 0 Å². The van der Waals surface area contributed by atoms with Crippen LogP contribution in [0.1, 0.15) is 29.2 Å². The molecule has 0 aliphatic heterocycles. The lowest BCUT2D eigenvalue weighted by Crippen LogP contribution is -1.96. The van der Waals surface area contributed by atoms with Crippen molar-refractivity contribution in [3.8, 4) is 22.6 Å². The second-order valence-corrected chi connectivity index (χ2v) is 6.48. The zero-order valence-corrected chi connectivity index (χ0v) is 16.5. The fourth-order valence-electron chi connectivity index (χ4n) is 3.40. The van der Waals surface area contributed by atoms with E-state index < -0.39 is 0 Å². The Labute approximate surface area is 162 Å². The Bertz CT molecular complexity index is 915. The Morgan fingerprint density at radius 3 is 2.07 bits per heavy atom. The smallest absolute Gasteiger partial charge is 0.126 e. The molecule has 0 aromatic heterocycles. The van der Waals surface area contributed by atoms with E-state index in [4.69, 9.17) is 9.47 Å². The Kier molecular flexibility index (Phi) is 5.97. The van der Waals surface area contributed by atoms with E-state index >= 15 is 0 Å². The molecule has 0 amide bonds. The first kappa shape index (κ1) is 18.8. The molecular formula is C25H26O2. The normalized spacial score (nSPS) is 11.0. The molecule has 0 heterocycles. The lowest BCUT2D eigenvalue weighted by molar-refractivity contribution is 0.386. The first-order valence-corrected chi connectivity index (χ1v) is 9.26. The van der Waals surface area contributed by atoms with Crippen molar-refractivity contribution >= 4 is 12.2 Å². The molecule has 0 radical (unpaired) electrons. The molecular weight excluding hydrogens is 332 g/mol. The van der Waals surface area contributed by atoms with Gasteiger partial charge in [0.15, 0.2) is 0 Å². The van der Waals surface area contributed by atoms with Crippen molar-refractivity contribution in [2.45, 2.75) is 20.3 Å². The molecule has 0 unspecified atom stereocenters. The highest BCUT2D eigenvalue weighted by Gasteiger charge is 2.10. The maximum Gasteiger partial charge on any atom is 0.126 e. The van der Waals surface area contributed by atoms with Crippen molar-refractivity contribution < 1.29 is 9.47 Å². The minimum atomic E-state index is 0.867. The lowest BCUT2D eigenvalue weighted by atomic mass is 9.96. The van der Waals surface area contributed by atoms with Crippen LogP contribution in [-0.4, -0.2) is 14.2 Å². The summed E-state index contributed by atoms with van der Waals surface area (Å²) in [4.78, 5) is 0. The summed E-state index contributed by atoms with van der Waals surface area (Å²) in [5, 5.41) is 0. The topological polar surface area (TPSA) is 18.5 Å². The summed E-state index contributed by atoms with van der Waals surface area (Å²) >= 11 is 0. The summed E-state index contributed by atoms with van der Waals surface area (Å²) in [6.45, 7) is 4.28. The SMILES string of the molecule is CCc1c(OC)cc(/C=C/c2cccc(-c3ccccc3)c2C)cc1OC. The number of benzene rings is 3. The number of rotatable bonds is 6. The fourth-order valence-corrected chi connectivity index (χ4v) is 3.40. The molecule has 3 rings (SSSR count). The van der Waals surface area contributed by atoms with E-state index in [1.54, 1.807) is 14.2 Å². The van der Waals surface area contributed by atoms with E-state index in [1.165, 1.54) is 22.3 Å². The molecule has 0 aliphatic carbocycles. The van der Waals surface area contributed by atoms with Crippen LogP contribution in [0.3, 0.4) is 0 Å². The van der Waals surface area contributed by atoms with E-state index in [0.29, 0.717) is 0 Å². The standard InChI is InChI=1S/C25H26O2/c1-5-22-24(26-3)16-19(17-25(22)27-4)14-15-20-12-9-13-23(18(20)2)21-10-7-6-8-11-21/h6-17H,5H2,1-4H3/b15-14+. The number of methoxy groups -OCH3 is 2. The Morgan fingerprint density at radius 1 is 0.815 bits per heavy atom. The molecule has 0 spiro atoms. The molecule has 0 saturated carbocycles. The molecule has 0 atom stereocenters. The number of hydrogen-bond donors (Lipinski definition) is 0. The second kappa shape index (κ2) is 8.59. The highest BCUT2D eigenvalue weighted by Crippen LogP contribution is 2.32. The highest BCUT2D eigenvalue weighted by atomic mass is 16.5. The van der Waals surface area contributed by atoms with Crippen LogP contribution < -0.4 is 9.47 Å². The van der Waals surface area contributed by atoms with E-state index in [0.717, 1.165) is 29.0 Å². The van der Waals surface area contributed by atoms with E-state index in [2.05, 4.69) is 80.6 Å². The van der Waals surface area contributed by atoms with Gasteiger partial charge in [0.1, 0.15) is 11.5 Å². The minimum absolute atomic E-state index is 0.867. The summed E-state index contributed by atoms with van der Waals surface area (Å²) in [5.41, 5.74) is 7.12. The van der Waals surface area contributed by atoms with Crippen molar-refractivity contribution in [2.75, 3.05) is 14.2 Å². The maximum absolute atomic E-state index is 5.56. The van der Waals surface area contributed by atoms with Gasteiger partial charge in [0.2, 0.25) is 0 Å². The van der Waals surface area contributed by atoms with Crippen molar-refractivity contribution in [2.24, 2.45) is 0 Å². The lowest BCUT2D eigenvalue weighted by Gasteiger charge is -2.13. The van der Waals surface area contributed by atoms with Crippen LogP contribution >= 0.6 is 0 Å². The average molecular weight is 358 g/mol. The first-order valence-electron chi connectivity index (χ1n) is 9.26. The van der Waals surface area contributed by atoms with Crippen molar-refractivity contribution in [3.05, 3.63) is 82.9 Å². The predicted octanol–water partition coefficient (Wildman–Crippen LogP) is 6.41. The van der Waals surface area contributed by atoms with Crippen LogP contribution in [0.5, 0.6) is 11.5 Å². The molecule has 3 aromatic carbocycles. The monoisotopic (exact) mass is 358 g/mol. The molecule has 2 heteroatoms. The molecule has 0 aliphatic rings. The summed E-state index contributed by atoms with van der Waals surface area (Å²) in [7, 11) is 3.41. The Morgan fingerprint density at radius 2 is 1.48 bits per heavy atom. The third-order valence-corrected chi connectivity index (χ3v) is 4.90. The molecule has 138 valence electrons. The predicted molar refractivity (Wildman–Crippen MR) is 114 cm³/mol. The Hall–Kier alpha value is -3.00. The van der Waals surface area contributed by atoms with Crippen LogP contribution in [0.2, 0.25) is 0 Å². The summed E-state index contributed by atoms with van der Waals surface area (Å²) in [6.07, 6.45) is 5.14. The summed E-state index contributed by atoms with van der Waals surface area (Å²) in [5.74, 6) is 1.73. The van der Waals surface area contributed by atoms with E-state index in [9.17, 15) is 0 Å². The average Bonchev–Trinajstić information content (AvgIpc) is 2.72. The Balaban J connectivity index is 1.97. The largest absolute Gasteiger partial charge is 0.496 e. The van der Waals surface area contributed by atoms with Gasteiger partial charge in [-0.3, -0.25) is 0 Å². The van der Waals surface area contributed by atoms with Gasteiger partial charge in [-0.1, -0.05) is 67.6 Å². The van der Waals surface area contributed by atoms with Gasteiger partial charge in [0, 0.05) is 5.56 Å². The van der Waals surface area contributed by atoms with Crippen LogP contribution in [0.15, 0.2) is 60.7 Å². The molecule has 2 nitrogen and oxygen atoms in total. The van der Waals surface area contributed by atoms with E-state index in [1.807, 2.05) is 6.07 Å². The van der Waals surface area contributed by atoms with Gasteiger partial charge in [0.05, 0.1) is 14.2 Å². The molecule has 3 aromatic rings. The molecule has 27 heavy (non-hydrogen) atoms. The number of hydrogen-bond acceptors (Lipinski definition) is 2. The number of ether oxygens (including phenoxy) is 2. The second-order valence-electron chi connectivity index (χ2n) is 6.48. The molecule has 0 fully saturated rings. The third kappa shape index (κ3) is 4.06. The highest BCUT2D eigenvalue weighted by molar-refractivity contribution is 5.78. The van der Waals surface area contributed by atoms with Gasteiger partial charge >= 0.3 is 0 Å². The van der Waals surface area contributed by atoms with Crippen LogP contribution in [0.4, 0.5) is 0 Å². The molecule has 0 saturated heterocycles. The van der Waals surface area contributed by atoms with Crippen LogP contribution in [0, 0.1) is 6.92 Å². The van der Waals surface area contributed by atoms with Gasteiger partial charge in [0.25, 0.3) is 0 Å². The maximum atomic E-state index is 5.56. The van der Waals surface area contributed by atoms with Crippen LogP contribution in [0.25, 0.3) is 23.3 Å². The molecule has 0 bridgehead atoms.